The van der Waals surface area contributed by atoms with E-state index in [-0.39, 0.29) is 23.0 Å². The average Bonchev–Trinajstić information content (AvgIpc) is 2.66. The Bertz CT molecular complexity index is 849. The molecule has 0 aliphatic carbocycles. The van der Waals surface area contributed by atoms with Crippen LogP contribution >= 0.6 is 0 Å². The van der Waals surface area contributed by atoms with Crippen LogP contribution in [-0.2, 0) is 16.0 Å². The molecule has 0 saturated heterocycles. The number of rotatable bonds is 7. The number of nitro benzene ring substituents is 1. The van der Waals surface area contributed by atoms with Gasteiger partial charge in [-0.1, -0.05) is 31.2 Å². The molecular formula is C19H21N3O5. The fourth-order valence-corrected chi connectivity index (χ4v) is 2.45. The second kappa shape index (κ2) is 8.79. The molecule has 3 N–H and O–H groups in total. The number of non-ortho nitro benzene ring substituents is 1. The lowest BCUT2D eigenvalue weighted by molar-refractivity contribution is -0.384. The summed E-state index contributed by atoms with van der Waals surface area (Å²) < 4.78 is 4.93. The first-order chi connectivity index (χ1) is 12.8. The number of nitrogen functional groups attached to an aromatic ring is 1. The molecule has 1 atom stereocenters. The van der Waals surface area contributed by atoms with Gasteiger partial charge in [-0.15, -0.1) is 0 Å². The van der Waals surface area contributed by atoms with Crippen LogP contribution in [0, 0.1) is 10.1 Å². The van der Waals surface area contributed by atoms with E-state index >= 15 is 0 Å². The highest BCUT2D eigenvalue weighted by atomic mass is 16.6. The predicted octanol–water partition coefficient (Wildman–Crippen LogP) is 2.77. The standard InChI is InChI=1S/C19H21N3O5/c1-3-13-4-6-14(7-5-13)12(2)21-18(23)11-27-19(24)16-10-15(22(25)26)8-9-17(16)20/h4-10,12H,3,11,20H2,1-2H3,(H,21,23)/t12-/m0/s1. The number of aryl methyl sites for hydroxylation is 1. The molecule has 0 aliphatic rings. The van der Waals surface area contributed by atoms with Gasteiger partial charge in [0.15, 0.2) is 6.61 Å². The molecule has 0 fully saturated rings. The Labute approximate surface area is 156 Å². The van der Waals surface area contributed by atoms with Crippen molar-refractivity contribution in [2.24, 2.45) is 0 Å². The van der Waals surface area contributed by atoms with Crippen LogP contribution in [0.2, 0.25) is 0 Å². The van der Waals surface area contributed by atoms with Gasteiger partial charge in [0.25, 0.3) is 11.6 Å². The number of anilines is 1. The van der Waals surface area contributed by atoms with Crippen molar-refractivity contribution in [3.8, 4) is 0 Å². The number of carbonyl (C=O) groups excluding carboxylic acids is 2. The van der Waals surface area contributed by atoms with Crippen LogP contribution in [0.25, 0.3) is 0 Å². The lowest BCUT2D eigenvalue weighted by atomic mass is 10.1. The smallest absolute Gasteiger partial charge is 0.341 e. The van der Waals surface area contributed by atoms with E-state index in [0.717, 1.165) is 18.1 Å². The number of ether oxygens (including phenoxy) is 1. The Kier molecular flexibility index (Phi) is 6.48. The van der Waals surface area contributed by atoms with Gasteiger partial charge in [-0.2, -0.15) is 0 Å². The molecule has 2 aromatic carbocycles. The molecular weight excluding hydrogens is 350 g/mol. The number of nitrogens with one attached hydrogen (secondary N) is 1. The van der Waals surface area contributed by atoms with Gasteiger partial charge in [-0.25, -0.2) is 4.79 Å². The van der Waals surface area contributed by atoms with Crippen LogP contribution in [0.3, 0.4) is 0 Å². The Morgan fingerprint density at radius 2 is 1.89 bits per heavy atom. The van der Waals surface area contributed by atoms with Crippen LogP contribution in [-0.4, -0.2) is 23.4 Å². The molecule has 0 saturated carbocycles. The van der Waals surface area contributed by atoms with E-state index in [2.05, 4.69) is 12.2 Å². The molecule has 0 aromatic heterocycles. The molecule has 0 radical (unpaired) electrons. The summed E-state index contributed by atoms with van der Waals surface area (Å²) in [6, 6.07) is 11.0. The van der Waals surface area contributed by atoms with E-state index in [1.165, 1.54) is 17.7 Å². The number of hydrogen-bond acceptors (Lipinski definition) is 6. The van der Waals surface area contributed by atoms with Crippen molar-refractivity contribution < 1.29 is 19.2 Å². The highest BCUT2D eigenvalue weighted by Gasteiger charge is 2.18. The maximum Gasteiger partial charge on any atom is 0.341 e. The van der Waals surface area contributed by atoms with E-state index in [0.29, 0.717) is 0 Å². The fourth-order valence-electron chi connectivity index (χ4n) is 2.45. The summed E-state index contributed by atoms with van der Waals surface area (Å²) >= 11 is 0. The molecule has 8 heteroatoms. The summed E-state index contributed by atoms with van der Waals surface area (Å²) in [7, 11) is 0. The van der Waals surface area contributed by atoms with E-state index in [1.54, 1.807) is 0 Å². The first-order valence-electron chi connectivity index (χ1n) is 8.41. The first-order valence-corrected chi connectivity index (χ1v) is 8.41. The van der Waals surface area contributed by atoms with E-state index in [9.17, 15) is 19.7 Å². The number of esters is 1. The van der Waals surface area contributed by atoms with Gasteiger partial charge in [-0.3, -0.25) is 14.9 Å². The summed E-state index contributed by atoms with van der Waals surface area (Å²) in [6.45, 7) is 3.36. The van der Waals surface area contributed by atoms with Gasteiger partial charge in [0.1, 0.15) is 0 Å². The highest BCUT2D eigenvalue weighted by molar-refractivity contribution is 5.97. The largest absolute Gasteiger partial charge is 0.452 e. The molecule has 0 spiro atoms. The average molecular weight is 371 g/mol. The van der Waals surface area contributed by atoms with Crippen molar-refractivity contribution in [2.75, 3.05) is 12.3 Å². The number of carbonyl (C=O) groups is 2. The molecule has 0 aliphatic heterocycles. The van der Waals surface area contributed by atoms with Crippen molar-refractivity contribution in [3.05, 3.63) is 69.3 Å². The Morgan fingerprint density at radius 1 is 1.22 bits per heavy atom. The molecule has 0 unspecified atom stereocenters. The Morgan fingerprint density at radius 3 is 2.48 bits per heavy atom. The summed E-state index contributed by atoms with van der Waals surface area (Å²) in [5, 5.41) is 13.5. The zero-order valence-electron chi connectivity index (χ0n) is 15.1. The van der Waals surface area contributed by atoms with Gasteiger partial charge >= 0.3 is 5.97 Å². The molecule has 1 amide bonds. The topological polar surface area (TPSA) is 125 Å². The van der Waals surface area contributed by atoms with Crippen LogP contribution in [0.15, 0.2) is 42.5 Å². The second-order valence-electron chi connectivity index (χ2n) is 5.99. The Hall–Kier alpha value is -3.42. The van der Waals surface area contributed by atoms with Crippen LogP contribution in [0.5, 0.6) is 0 Å². The minimum Gasteiger partial charge on any atom is -0.452 e. The molecule has 8 nitrogen and oxygen atoms in total. The molecule has 0 heterocycles. The first kappa shape index (κ1) is 19.9. The number of nitro groups is 1. The van der Waals surface area contributed by atoms with Gasteiger partial charge < -0.3 is 15.8 Å². The van der Waals surface area contributed by atoms with E-state index < -0.39 is 23.4 Å². The van der Waals surface area contributed by atoms with Gasteiger partial charge in [0, 0.05) is 17.8 Å². The van der Waals surface area contributed by atoms with Gasteiger partial charge in [-0.05, 0) is 30.5 Å². The number of amides is 1. The molecule has 0 bridgehead atoms. The molecule has 27 heavy (non-hydrogen) atoms. The minimum absolute atomic E-state index is 0.0374. The number of nitrogens with two attached hydrogens (primary N) is 1. The van der Waals surface area contributed by atoms with Gasteiger partial charge in [0.05, 0.1) is 16.5 Å². The minimum atomic E-state index is -0.897. The number of hydrogen-bond donors (Lipinski definition) is 2. The third-order valence-corrected chi connectivity index (χ3v) is 4.07. The zero-order chi connectivity index (χ0) is 20.0. The molecule has 142 valence electrons. The molecule has 2 aromatic rings. The van der Waals surface area contributed by atoms with Crippen molar-refractivity contribution >= 4 is 23.3 Å². The van der Waals surface area contributed by atoms with Crippen LogP contribution in [0.1, 0.15) is 41.4 Å². The second-order valence-corrected chi connectivity index (χ2v) is 5.99. The predicted molar refractivity (Wildman–Crippen MR) is 100 cm³/mol. The summed E-state index contributed by atoms with van der Waals surface area (Å²) in [6.07, 6.45) is 0.928. The van der Waals surface area contributed by atoms with Crippen molar-refractivity contribution in [1.29, 1.82) is 0 Å². The van der Waals surface area contributed by atoms with Crippen molar-refractivity contribution in [2.45, 2.75) is 26.3 Å². The summed E-state index contributed by atoms with van der Waals surface area (Å²) in [5.41, 5.74) is 7.37. The van der Waals surface area contributed by atoms with Crippen molar-refractivity contribution in [3.63, 3.8) is 0 Å². The van der Waals surface area contributed by atoms with Crippen molar-refractivity contribution in [1.82, 2.24) is 5.32 Å². The van der Waals surface area contributed by atoms with Gasteiger partial charge in [0.2, 0.25) is 0 Å². The van der Waals surface area contributed by atoms with E-state index in [4.69, 9.17) is 10.5 Å². The summed E-state index contributed by atoms with van der Waals surface area (Å²) in [5.74, 6) is -1.38. The third-order valence-electron chi connectivity index (χ3n) is 4.07. The Balaban J connectivity index is 1.93. The lowest BCUT2D eigenvalue weighted by Crippen LogP contribution is -2.31. The third kappa shape index (κ3) is 5.27. The zero-order valence-corrected chi connectivity index (χ0v) is 15.1. The molecule has 2 rings (SSSR count). The number of nitrogens with zero attached hydrogens (tertiary/aromatic N) is 1. The summed E-state index contributed by atoms with van der Waals surface area (Å²) in [4.78, 5) is 34.2. The monoisotopic (exact) mass is 371 g/mol. The fraction of sp³-hybridized carbons (Fsp3) is 0.263. The SMILES string of the molecule is CCc1ccc([C@H](C)NC(=O)COC(=O)c2cc([N+](=O)[O-])ccc2N)cc1. The quantitative estimate of drug-likeness (QED) is 0.334. The highest BCUT2D eigenvalue weighted by Crippen LogP contribution is 2.20. The van der Waals surface area contributed by atoms with Crippen LogP contribution in [0.4, 0.5) is 11.4 Å². The maximum atomic E-state index is 12.1. The normalized spacial score (nSPS) is 11.5. The number of benzene rings is 2. The lowest BCUT2D eigenvalue weighted by Gasteiger charge is -2.15. The van der Waals surface area contributed by atoms with Crippen LogP contribution < -0.4 is 11.1 Å². The maximum absolute atomic E-state index is 12.1. The van der Waals surface area contributed by atoms with E-state index in [1.807, 2.05) is 31.2 Å².